The highest BCUT2D eigenvalue weighted by molar-refractivity contribution is 7.30. The van der Waals surface area contributed by atoms with Crippen molar-refractivity contribution in [3.05, 3.63) is 160 Å². The van der Waals surface area contributed by atoms with Crippen LogP contribution >= 0.6 is 22.7 Å². The average molecular weight is 681 g/mol. The van der Waals surface area contributed by atoms with Crippen LogP contribution in [0.25, 0.3) is 47.6 Å². The molecule has 6 heteroatoms. The molecule has 0 atom stereocenters. The van der Waals surface area contributed by atoms with E-state index in [-0.39, 0.29) is 22.6 Å². The highest BCUT2D eigenvalue weighted by atomic mass is 32.1. The van der Waals surface area contributed by atoms with Crippen LogP contribution in [0.5, 0.6) is 0 Å². The van der Waals surface area contributed by atoms with Crippen LogP contribution in [0.15, 0.2) is 133 Å². The zero-order chi connectivity index (χ0) is 33.7. The molecule has 50 heavy (non-hydrogen) atoms. The van der Waals surface area contributed by atoms with Crippen LogP contribution in [0.4, 0.5) is 17.2 Å². The summed E-state index contributed by atoms with van der Waals surface area (Å²) in [4.78, 5) is 36.6. The second-order valence-electron chi connectivity index (χ2n) is 13.5. The van der Waals surface area contributed by atoms with Crippen LogP contribution in [-0.2, 0) is 5.41 Å². The first-order valence-electron chi connectivity index (χ1n) is 16.6. The van der Waals surface area contributed by atoms with Crippen molar-refractivity contribution in [1.29, 1.82) is 0 Å². The van der Waals surface area contributed by atoms with Crippen LogP contribution in [0, 0.1) is 0 Å². The number of fused-ring (bicyclic) bond motifs is 8. The van der Waals surface area contributed by atoms with Crippen molar-refractivity contribution >= 4 is 88.6 Å². The topological polar surface area (TPSA) is 50.3 Å². The largest absolute Gasteiger partial charge is 0.295 e. The number of hydrogen-bond donors (Lipinski definition) is 0. The third-order valence-corrected chi connectivity index (χ3v) is 12.6. The number of allylic oxidation sites excluding steroid dienone is 1. The summed E-state index contributed by atoms with van der Waals surface area (Å²) in [6.45, 7) is 4.61. The van der Waals surface area contributed by atoms with E-state index in [9.17, 15) is 9.59 Å². The molecule has 0 N–H and O–H groups in total. The summed E-state index contributed by atoms with van der Waals surface area (Å²) in [5.41, 5.74) is 7.88. The van der Waals surface area contributed by atoms with Crippen LogP contribution < -0.4 is 4.90 Å². The fraction of sp³-hybridized carbons (Fsp3) is 0.0682. The zero-order valence-electron chi connectivity index (χ0n) is 27.2. The smallest absolute Gasteiger partial charge is 0.197 e. The first kappa shape index (κ1) is 29.2. The van der Waals surface area contributed by atoms with Crippen LogP contribution in [0.1, 0.15) is 50.6 Å². The summed E-state index contributed by atoms with van der Waals surface area (Å²) in [7, 11) is 0. The minimum atomic E-state index is -0.261. The molecule has 0 radical (unpaired) electrons. The van der Waals surface area contributed by atoms with Gasteiger partial charge in [-0.1, -0.05) is 80.6 Å². The number of para-hydroxylation sites is 2. The number of Topliss-reactive ketones (excluding diaryl/α,β-unsaturated/α-hetero) is 2. The predicted octanol–water partition coefficient (Wildman–Crippen LogP) is 11.9. The molecular formula is C44H28N2O2S2. The lowest BCUT2D eigenvalue weighted by atomic mass is 9.82. The average Bonchev–Trinajstić information content (AvgIpc) is 3.82. The van der Waals surface area contributed by atoms with Gasteiger partial charge in [-0.2, -0.15) is 0 Å². The lowest BCUT2D eigenvalue weighted by molar-refractivity contribution is 0.0990. The number of hydrogen-bond acceptors (Lipinski definition) is 6. The van der Waals surface area contributed by atoms with Gasteiger partial charge in [-0.15, -0.1) is 22.7 Å². The minimum Gasteiger partial charge on any atom is -0.295 e. The summed E-state index contributed by atoms with van der Waals surface area (Å²) in [6, 6.07) is 43.3. The summed E-state index contributed by atoms with van der Waals surface area (Å²) in [5, 5.41) is 3.04. The Kier molecular flexibility index (Phi) is 6.23. The van der Waals surface area contributed by atoms with E-state index >= 15 is 0 Å². The maximum absolute atomic E-state index is 13.5. The second kappa shape index (κ2) is 10.7. The lowest BCUT2D eigenvalue weighted by Gasteiger charge is -2.27. The molecule has 0 spiro atoms. The number of carbonyl (C=O) groups is 2. The molecule has 0 amide bonds. The van der Waals surface area contributed by atoms with E-state index in [4.69, 9.17) is 4.98 Å². The number of benzene rings is 5. The van der Waals surface area contributed by atoms with Gasteiger partial charge in [0.2, 0.25) is 0 Å². The molecule has 0 saturated heterocycles. The predicted molar refractivity (Wildman–Crippen MR) is 208 cm³/mol. The van der Waals surface area contributed by atoms with Gasteiger partial charge in [0.25, 0.3) is 0 Å². The maximum atomic E-state index is 13.5. The molecule has 10 rings (SSSR count). The molecule has 2 aliphatic carbocycles. The zero-order valence-corrected chi connectivity index (χ0v) is 28.9. The number of nitrogens with zero attached hydrogens (tertiary/aromatic N) is 2. The standard InChI is InChI=1S/C44H28N2O2S2/c1-44(2)35-22-29(46(28-13-4-3-5-14-28)38-19-16-25-10-8-9-15-36(25)45-38)17-18-31(35)42-39(44)43-37(50-42)24-30(49-43)23-34-40(47)32-20-26-11-6-7-12-27(26)21-33(32)41(34)48/h3-24H,1-2H3. The highest BCUT2D eigenvalue weighted by Gasteiger charge is 2.40. The van der Waals surface area contributed by atoms with Gasteiger partial charge in [-0.25, -0.2) is 4.98 Å². The van der Waals surface area contributed by atoms with E-state index in [0.717, 1.165) is 43.7 Å². The van der Waals surface area contributed by atoms with Gasteiger partial charge in [0.1, 0.15) is 5.82 Å². The molecule has 238 valence electrons. The SMILES string of the molecule is CC1(C)c2cc(N(c3ccccc3)c3ccc4ccccc4n3)ccc2-c2sc3cc(C=C4C(=O)c5cc6ccccc6cc5C4=O)sc3c21. The van der Waals surface area contributed by atoms with E-state index in [1.807, 2.05) is 54.6 Å². The summed E-state index contributed by atoms with van der Waals surface area (Å²) in [6.07, 6.45) is 1.81. The molecule has 3 aromatic heterocycles. The van der Waals surface area contributed by atoms with E-state index < -0.39 is 0 Å². The molecule has 0 fully saturated rings. The van der Waals surface area contributed by atoms with E-state index in [0.29, 0.717) is 11.1 Å². The fourth-order valence-electron chi connectivity index (χ4n) is 7.71. The molecule has 2 aliphatic rings. The molecule has 8 aromatic rings. The van der Waals surface area contributed by atoms with Crippen molar-refractivity contribution < 1.29 is 9.59 Å². The van der Waals surface area contributed by atoms with Crippen molar-refractivity contribution in [2.24, 2.45) is 0 Å². The monoisotopic (exact) mass is 680 g/mol. The number of rotatable bonds is 4. The quantitative estimate of drug-likeness (QED) is 0.137. The number of thiophene rings is 2. The van der Waals surface area contributed by atoms with Gasteiger partial charge in [0.05, 0.1) is 15.8 Å². The highest BCUT2D eigenvalue weighted by Crippen LogP contribution is 2.58. The van der Waals surface area contributed by atoms with Gasteiger partial charge in [0.15, 0.2) is 11.6 Å². The molecule has 0 aliphatic heterocycles. The van der Waals surface area contributed by atoms with Crippen molar-refractivity contribution in [3.8, 4) is 10.4 Å². The number of pyridine rings is 1. The van der Waals surface area contributed by atoms with Gasteiger partial charge in [0, 0.05) is 47.8 Å². The molecule has 3 heterocycles. The molecule has 4 nitrogen and oxygen atoms in total. The number of carbonyl (C=O) groups excluding carboxylic acids is 2. The molecule has 0 unspecified atom stereocenters. The van der Waals surface area contributed by atoms with Crippen molar-refractivity contribution in [2.75, 3.05) is 4.90 Å². The lowest BCUT2D eigenvalue weighted by Crippen LogP contribution is -2.17. The molecule has 0 saturated carbocycles. The second-order valence-corrected chi connectivity index (χ2v) is 15.6. The fourth-order valence-corrected chi connectivity index (χ4v) is 10.7. The Morgan fingerprint density at radius 2 is 1.32 bits per heavy atom. The first-order valence-corrected chi connectivity index (χ1v) is 18.2. The number of anilines is 3. The van der Waals surface area contributed by atoms with E-state index in [1.54, 1.807) is 28.7 Å². The van der Waals surface area contributed by atoms with E-state index in [1.165, 1.54) is 31.0 Å². The van der Waals surface area contributed by atoms with Crippen LogP contribution in [0.3, 0.4) is 0 Å². The third kappa shape index (κ3) is 4.25. The number of aromatic nitrogens is 1. The normalized spacial score (nSPS) is 14.4. The maximum Gasteiger partial charge on any atom is 0.197 e. The van der Waals surface area contributed by atoms with Gasteiger partial charge in [-0.05, 0) is 94.2 Å². The van der Waals surface area contributed by atoms with Gasteiger partial charge >= 0.3 is 0 Å². The summed E-state index contributed by atoms with van der Waals surface area (Å²) in [5.74, 6) is 0.480. The Morgan fingerprint density at radius 1 is 0.640 bits per heavy atom. The molecule has 5 aromatic carbocycles. The Morgan fingerprint density at radius 3 is 2.06 bits per heavy atom. The Hall–Kier alpha value is -5.69. The number of ketones is 2. The van der Waals surface area contributed by atoms with Gasteiger partial charge in [-0.3, -0.25) is 14.5 Å². The van der Waals surface area contributed by atoms with Crippen molar-refractivity contribution in [1.82, 2.24) is 4.98 Å². The molecular weight excluding hydrogens is 653 g/mol. The Bertz CT molecular complexity index is 2730. The van der Waals surface area contributed by atoms with Crippen molar-refractivity contribution in [2.45, 2.75) is 19.3 Å². The summed E-state index contributed by atoms with van der Waals surface area (Å²) >= 11 is 3.46. The summed E-state index contributed by atoms with van der Waals surface area (Å²) < 4.78 is 2.40. The third-order valence-electron chi connectivity index (χ3n) is 10.2. The Balaban J connectivity index is 1.04. The van der Waals surface area contributed by atoms with Crippen LogP contribution in [-0.4, -0.2) is 16.6 Å². The molecule has 0 bridgehead atoms. The minimum absolute atomic E-state index is 0.193. The van der Waals surface area contributed by atoms with Crippen molar-refractivity contribution in [3.63, 3.8) is 0 Å². The first-order chi connectivity index (χ1) is 24.3. The van der Waals surface area contributed by atoms with Gasteiger partial charge < -0.3 is 0 Å². The Labute approximate surface area is 296 Å². The van der Waals surface area contributed by atoms with Crippen LogP contribution in [0.2, 0.25) is 0 Å². The van der Waals surface area contributed by atoms with E-state index in [2.05, 4.69) is 91.5 Å².